The lowest BCUT2D eigenvalue weighted by Crippen LogP contribution is -2.21. The van der Waals surface area contributed by atoms with Crippen LogP contribution >= 0.6 is 0 Å². The van der Waals surface area contributed by atoms with E-state index in [0.717, 1.165) is 37.6 Å². The maximum absolute atomic E-state index is 12.9. The van der Waals surface area contributed by atoms with Gasteiger partial charge in [-0.3, -0.25) is 9.59 Å². The van der Waals surface area contributed by atoms with Crippen molar-refractivity contribution >= 4 is 22.9 Å². The number of allylic oxidation sites excluding steroid dienone is 2. The highest BCUT2D eigenvalue weighted by Gasteiger charge is 2.39. The molecule has 0 aliphatic carbocycles. The van der Waals surface area contributed by atoms with Crippen molar-refractivity contribution < 1.29 is 19.1 Å². The molecular weight excluding hydrogens is 380 g/mol. The van der Waals surface area contributed by atoms with Crippen molar-refractivity contribution in [2.45, 2.75) is 27.7 Å². The van der Waals surface area contributed by atoms with E-state index in [1.165, 1.54) is 0 Å². The lowest BCUT2D eigenvalue weighted by molar-refractivity contribution is 0.0960. The molecule has 2 aliphatic rings. The Balaban J connectivity index is 1.68. The second-order valence-electron chi connectivity index (χ2n) is 7.23. The average molecular weight is 406 g/mol. The largest absolute Gasteiger partial charge is 0.448 e. The van der Waals surface area contributed by atoms with Crippen molar-refractivity contribution in [3.05, 3.63) is 59.0 Å². The fourth-order valence-corrected chi connectivity index (χ4v) is 3.99. The molecule has 2 aromatic rings. The number of Topliss-reactive ketones (excluding diaryl/α,β-unsaturated/α-hetero) is 2. The minimum absolute atomic E-state index is 0.0349. The van der Waals surface area contributed by atoms with Crippen LogP contribution in [0.1, 0.15) is 48.4 Å². The Bertz CT molecular complexity index is 966. The van der Waals surface area contributed by atoms with Crippen LogP contribution in [0, 0.1) is 0 Å². The average Bonchev–Trinajstić information content (AvgIpc) is 3.26. The minimum atomic E-state index is -0.323. The Morgan fingerprint density at radius 1 is 0.633 bits per heavy atom. The monoisotopic (exact) mass is 406 g/mol. The van der Waals surface area contributed by atoms with Crippen molar-refractivity contribution in [2.75, 3.05) is 36.0 Å². The number of anilines is 2. The van der Waals surface area contributed by atoms with Crippen LogP contribution in [0.3, 0.4) is 0 Å². The van der Waals surface area contributed by atoms with E-state index in [0.29, 0.717) is 22.6 Å². The molecule has 0 saturated heterocycles. The van der Waals surface area contributed by atoms with Crippen molar-refractivity contribution in [3.8, 4) is 11.5 Å². The first-order valence-corrected chi connectivity index (χ1v) is 10.5. The van der Waals surface area contributed by atoms with Crippen molar-refractivity contribution in [1.82, 2.24) is 0 Å². The van der Waals surface area contributed by atoms with Crippen molar-refractivity contribution in [1.29, 1.82) is 0 Å². The number of rotatable bonds is 6. The van der Waals surface area contributed by atoms with E-state index in [1.807, 2.05) is 24.3 Å². The SMILES string of the molecule is CCN(CC)c1ccc2c(c1)OC(=C1Oc3cc(N(CC)CC)ccc3C1=O)C2=O. The molecule has 0 bridgehead atoms. The van der Waals surface area contributed by atoms with Crippen LogP contribution in [0.15, 0.2) is 47.9 Å². The van der Waals surface area contributed by atoms with Gasteiger partial charge >= 0.3 is 0 Å². The number of benzene rings is 2. The maximum Gasteiger partial charge on any atom is 0.236 e. The van der Waals surface area contributed by atoms with Crippen molar-refractivity contribution in [2.24, 2.45) is 0 Å². The Morgan fingerprint density at radius 3 is 1.33 bits per heavy atom. The summed E-state index contributed by atoms with van der Waals surface area (Å²) in [6, 6.07) is 11.0. The molecular formula is C24H26N2O4. The first-order chi connectivity index (χ1) is 14.5. The van der Waals surface area contributed by atoms with Gasteiger partial charge in [0.2, 0.25) is 23.1 Å². The fourth-order valence-electron chi connectivity index (χ4n) is 3.99. The normalized spacial score (nSPS) is 16.8. The molecule has 0 N–H and O–H groups in total. The van der Waals surface area contributed by atoms with E-state index < -0.39 is 0 Å². The molecule has 0 spiro atoms. The third kappa shape index (κ3) is 3.12. The lowest BCUT2D eigenvalue weighted by atomic mass is 10.1. The van der Waals surface area contributed by atoms with E-state index in [2.05, 4.69) is 37.5 Å². The summed E-state index contributed by atoms with van der Waals surface area (Å²) in [4.78, 5) is 30.2. The molecule has 0 unspecified atom stereocenters. The van der Waals surface area contributed by atoms with Gasteiger partial charge in [-0.05, 0) is 52.0 Å². The molecule has 6 nitrogen and oxygen atoms in total. The summed E-state index contributed by atoms with van der Waals surface area (Å²) < 4.78 is 11.7. The van der Waals surface area contributed by atoms with Gasteiger partial charge in [-0.15, -0.1) is 0 Å². The number of ether oxygens (including phenoxy) is 2. The van der Waals surface area contributed by atoms with Crippen LogP contribution in [0.5, 0.6) is 11.5 Å². The zero-order valence-corrected chi connectivity index (χ0v) is 17.8. The number of carbonyl (C=O) groups is 2. The Labute approximate surface area is 176 Å². The third-order valence-electron chi connectivity index (χ3n) is 5.72. The molecule has 0 amide bonds. The molecule has 4 rings (SSSR count). The number of nitrogens with zero attached hydrogens (tertiary/aromatic N) is 2. The molecule has 2 aliphatic heterocycles. The summed E-state index contributed by atoms with van der Waals surface area (Å²) in [5.41, 5.74) is 2.85. The van der Waals surface area contributed by atoms with E-state index in [1.54, 1.807) is 12.1 Å². The first kappa shape index (κ1) is 20.0. The number of ketones is 2. The number of hydrogen-bond donors (Lipinski definition) is 0. The summed E-state index contributed by atoms with van der Waals surface area (Å²) in [6.45, 7) is 11.7. The molecule has 6 heteroatoms. The van der Waals surface area contributed by atoms with Crippen LogP contribution in [0.2, 0.25) is 0 Å². The van der Waals surface area contributed by atoms with Crippen LogP contribution < -0.4 is 19.3 Å². The Morgan fingerprint density at radius 2 is 1.00 bits per heavy atom. The standard InChI is InChI=1S/C24H26N2O4/c1-5-25(6-2)15-9-11-17-19(13-15)29-23(21(17)27)24-22(28)18-12-10-16(14-20(18)30-24)26(7-3)8-4/h9-14H,5-8H2,1-4H3. The van der Waals surface area contributed by atoms with Gasteiger partial charge in [-0.2, -0.15) is 0 Å². The number of hydrogen-bond acceptors (Lipinski definition) is 6. The summed E-state index contributed by atoms with van der Waals surface area (Å²) in [5, 5.41) is 0. The molecule has 0 atom stereocenters. The summed E-state index contributed by atoms with van der Waals surface area (Å²) in [6.07, 6.45) is 0. The first-order valence-electron chi connectivity index (χ1n) is 10.5. The van der Waals surface area contributed by atoms with Gasteiger partial charge in [0.25, 0.3) is 0 Å². The third-order valence-corrected chi connectivity index (χ3v) is 5.72. The Hall–Kier alpha value is -3.28. The van der Waals surface area contributed by atoms with E-state index in [4.69, 9.17) is 9.47 Å². The number of carbonyl (C=O) groups excluding carboxylic acids is 2. The zero-order chi connectivity index (χ0) is 21.4. The smallest absolute Gasteiger partial charge is 0.236 e. The molecule has 2 heterocycles. The zero-order valence-electron chi connectivity index (χ0n) is 17.8. The summed E-state index contributed by atoms with van der Waals surface area (Å²) in [7, 11) is 0. The topological polar surface area (TPSA) is 59.1 Å². The van der Waals surface area contributed by atoms with Crippen LogP contribution in [0.4, 0.5) is 11.4 Å². The molecule has 30 heavy (non-hydrogen) atoms. The Kier molecular flexibility index (Phi) is 5.24. The molecule has 156 valence electrons. The molecule has 2 aromatic carbocycles. The molecule has 0 radical (unpaired) electrons. The predicted molar refractivity (Wildman–Crippen MR) is 117 cm³/mol. The van der Waals surface area contributed by atoms with E-state index in [-0.39, 0.29) is 23.1 Å². The van der Waals surface area contributed by atoms with Gasteiger partial charge in [0.15, 0.2) is 0 Å². The molecule has 0 aromatic heterocycles. The maximum atomic E-state index is 12.9. The van der Waals surface area contributed by atoms with Gasteiger partial charge in [0, 0.05) is 49.7 Å². The van der Waals surface area contributed by atoms with Gasteiger partial charge in [0.05, 0.1) is 11.1 Å². The lowest BCUT2D eigenvalue weighted by Gasteiger charge is -2.21. The van der Waals surface area contributed by atoms with Crippen LogP contribution in [-0.4, -0.2) is 37.7 Å². The summed E-state index contributed by atoms with van der Waals surface area (Å²) in [5.74, 6) is 0.207. The van der Waals surface area contributed by atoms with Gasteiger partial charge in [-0.1, -0.05) is 0 Å². The molecule has 0 fully saturated rings. The quantitative estimate of drug-likeness (QED) is 0.661. The highest BCUT2D eigenvalue weighted by atomic mass is 16.5. The summed E-state index contributed by atoms with van der Waals surface area (Å²) >= 11 is 0. The highest BCUT2D eigenvalue weighted by molar-refractivity contribution is 6.21. The minimum Gasteiger partial charge on any atom is -0.448 e. The van der Waals surface area contributed by atoms with Crippen molar-refractivity contribution in [3.63, 3.8) is 0 Å². The van der Waals surface area contributed by atoms with Crippen LogP contribution in [-0.2, 0) is 0 Å². The second kappa shape index (κ2) is 7.86. The van der Waals surface area contributed by atoms with Gasteiger partial charge in [-0.25, -0.2) is 0 Å². The molecule has 0 saturated carbocycles. The highest BCUT2D eigenvalue weighted by Crippen LogP contribution is 2.40. The van der Waals surface area contributed by atoms with Crippen LogP contribution in [0.25, 0.3) is 0 Å². The van der Waals surface area contributed by atoms with E-state index in [9.17, 15) is 9.59 Å². The van der Waals surface area contributed by atoms with Gasteiger partial charge in [0.1, 0.15) is 11.5 Å². The predicted octanol–water partition coefficient (Wildman–Crippen LogP) is 4.44. The van der Waals surface area contributed by atoms with E-state index >= 15 is 0 Å². The fraction of sp³-hybridized carbons (Fsp3) is 0.333. The van der Waals surface area contributed by atoms with Gasteiger partial charge < -0.3 is 19.3 Å². The second-order valence-corrected chi connectivity index (χ2v) is 7.23. The number of fused-ring (bicyclic) bond motifs is 2.